The van der Waals surface area contributed by atoms with Gasteiger partial charge in [-0.05, 0) is 29.9 Å². The van der Waals surface area contributed by atoms with Gasteiger partial charge in [-0.25, -0.2) is 0 Å². The summed E-state index contributed by atoms with van der Waals surface area (Å²) in [7, 11) is -1.34. The van der Waals surface area contributed by atoms with E-state index in [1.54, 1.807) is 6.20 Å². The van der Waals surface area contributed by atoms with Crippen LogP contribution in [0.5, 0.6) is 0 Å². The number of carbonyl (C=O) groups excluding carboxylic acids is 4. The SMILES string of the molecule is CC(C)C(=O)CCCCC(=O)OCC1=CN2C(=O)C(CC(=O)Cc3cccs3)C2S(=O)C1. The average molecular weight is 480 g/mol. The topological polar surface area (TPSA) is 97.8 Å². The van der Waals surface area contributed by atoms with E-state index in [9.17, 15) is 23.4 Å². The fraction of sp³-hybridized carbons (Fsp3) is 0.565. The minimum absolute atomic E-state index is 0.00598. The molecule has 174 valence electrons. The first-order valence-electron chi connectivity index (χ1n) is 10.9. The fourth-order valence-electron chi connectivity index (χ4n) is 3.79. The number of amides is 1. The standard InChI is InChI=1S/C23H29NO6S2/c1-15(2)20(26)7-3-4-8-21(27)30-13-16-12-24-22(28)19(23(24)32(29)14-16)11-17(25)10-18-6-5-9-31-18/h5-6,9,12,15,19,23H,3-4,7-8,10-11,13-14H2,1-2H3. The Balaban J connectivity index is 1.42. The number of ketones is 2. The van der Waals surface area contributed by atoms with Crippen LogP contribution < -0.4 is 0 Å². The van der Waals surface area contributed by atoms with E-state index < -0.39 is 22.1 Å². The third kappa shape index (κ3) is 6.22. The summed E-state index contributed by atoms with van der Waals surface area (Å²) in [5.41, 5.74) is 0.625. The minimum Gasteiger partial charge on any atom is -0.461 e. The van der Waals surface area contributed by atoms with Gasteiger partial charge in [0.2, 0.25) is 5.91 Å². The van der Waals surface area contributed by atoms with Crippen LogP contribution in [0.15, 0.2) is 29.3 Å². The summed E-state index contributed by atoms with van der Waals surface area (Å²) in [5, 5.41) is 1.43. The lowest BCUT2D eigenvalue weighted by Gasteiger charge is -2.46. The Morgan fingerprint density at radius 1 is 1.25 bits per heavy atom. The molecule has 3 heterocycles. The van der Waals surface area contributed by atoms with Gasteiger partial charge in [-0.15, -0.1) is 11.3 Å². The predicted octanol–water partition coefficient (Wildman–Crippen LogP) is 3.01. The molecule has 0 radical (unpaired) electrons. The number of ether oxygens (including phenoxy) is 1. The highest BCUT2D eigenvalue weighted by atomic mass is 32.2. The molecule has 1 amide bonds. The van der Waals surface area contributed by atoms with E-state index in [-0.39, 0.29) is 54.6 Å². The van der Waals surface area contributed by atoms with Crippen molar-refractivity contribution in [3.05, 3.63) is 34.2 Å². The van der Waals surface area contributed by atoms with Gasteiger partial charge < -0.3 is 9.64 Å². The van der Waals surface area contributed by atoms with Crippen LogP contribution in [0.4, 0.5) is 0 Å². The Bertz CT molecular complexity index is 921. The Hall–Kier alpha value is -2.13. The first kappa shape index (κ1) is 24.5. The van der Waals surface area contributed by atoms with E-state index in [4.69, 9.17) is 4.74 Å². The van der Waals surface area contributed by atoms with Crippen LogP contribution in [0.3, 0.4) is 0 Å². The van der Waals surface area contributed by atoms with Crippen molar-refractivity contribution in [3.8, 4) is 0 Å². The number of nitrogens with zero attached hydrogens (tertiary/aromatic N) is 1. The summed E-state index contributed by atoms with van der Waals surface area (Å²) >= 11 is 1.50. The van der Waals surface area contributed by atoms with Crippen molar-refractivity contribution in [2.75, 3.05) is 12.4 Å². The molecule has 0 aliphatic carbocycles. The van der Waals surface area contributed by atoms with E-state index >= 15 is 0 Å². The lowest BCUT2D eigenvalue weighted by atomic mass is 9.91. The van der Waals surface area contributed by atoms with Crippen molar-refractivity contribution < 1.29 is 28.1 Å². The molecule has 3 unspecified atom stereocenters. The lowest BCUT2D eigenvalue weighted by Crippen LogP contribution is -2.62. The maximum atomic E-state index is 12.7. The van der Waals surface area contributed by atoms with Crippen LogP contribution in [-0.2, 0) is 41.1 Å². The van der Waals surface area contributed by atoms with E-state index in [0.717, 1.165) is 4.88 Å². The van der Waals surface area contributed by atoms with Crippen molar-refractivity contribution in [1.82, 2.24) is 4.90 Å². The van der Waals surface area contributed by atoms with Crippen LogP contribution >= 0.6 is 11.3 Å². The van der Waals surface area contributed by atoms with Crippen molar-refractivity contribution >= 4 is 45.6 Å². The summed E-state index contributed by atoms with van der Waals surface area (Å²) < 4.78 is 17.9. The Morgan fingerprint density at radius 2 is 2.00 bits per heavy atom. The van der Waals surface area contributed by atoms with E-state index in [0.29, 0.717) is 31.3 Å². The molecule has 0 aromatic carbocycles. The van der Waals surface area contributed by atoms with Gasteiger partial charge in [0.05, 0.1) is 11.7 Å². The third-order valence-corrected chi connectivity index (χ3v) is 8.25. The van der Waals surface area contributed by atoms with Gasteiger partial charge in [0.15, 0.2) is 0 Å². The molecule has 1 aromatic heterocycles. The zero-order valence-corrected chi connectivity index (χ0v) is 20.0. The second kappa shape index (κ2) is 11.1. The number of Topliss-reactive ketones (excluding diaryl/α,β-unsaturated/α-hetero) is 2. The van der Waals surface area contributed by atoms with Gasteiger partial charge >= 0.3 is 5.97 Å². The molecule has 3 atom stereocenters. The van der Waals surface area contributed by atoms with Crippen LogP contribution in [0.1, 0.15) is 50.8 Å². The van der Waals surface area contributed by atoms with E-state index in [2.05, 4.69) is 0 Å². The molecule has 9 heteroatoms. The molecule has 3 rings (SSSR count). The number of unbranched alkanes of at least 4 members (excludes halogenated alkanes) is 1. The summed E-state index contributed by atoms with van der Waals surface area (Å²) in [6, 6.07) is 3.77. The molecule has 7 nitrogen and oxygen atoms in total. The van der Waals surface area contributed by atoms with E-state index in [1.165, 1.54) is 16.2 Å². The second-order valence-corrected chi connectivity index (χ2v) is 11.1. The average Bonchev–Trinajstić information content (AvgIpc) is 3.26. The van der Waals surface area contributed by atoms with Crippen LogP contribution in [0, 0.1) is 11.8 Å². The highest BCUT2D eigenvalue weighted by Gasteiger charge is 2.52. The molecular formula is C23H29NO6S2. The smallest absolute Gasteiger partial charge is 0.306 e. The van der Waals surface area contributed by atoms with Gasteiger partial charge in [0.25, 0.3) is 0 Å². The largest absolute Gasteiger partial charge is 0.461 e. The van der Waals surface area contributed by atoms with Crippen LogP contribution in [0.25, 0.3) is 0 Å². The molecule has 0 saturated carbocycles. The Morgan fingerprint density at radius 3 is 2.69 bits per heavy atom. The van der Waals surface area contributed by atoms with Crippen molar-refractivity contribution in [2.24, 2.45) is 11.8 Å². The fourth-order valence-corrected chi connectivity index (χ4v) is 6.22. The number of thiophene rings is 1. The molecule has 0 N–H and O–H groups in total. The Kier molecular flexibility index (Phi) is 8.53. The summed E-state index contributed by atoms with van der Waals surface area (Å²) in [4.78, 5) is 50.7. The van der Waals surface area contributed by atoms with Gasteiger partial charge in [0, 0.05) is 53.5 Å². The van der Waals surface area contributed by atoms with Gasteiger partial charge in [-0.3, -0.25) is 23.4 Å². The second-order valence-electron chi connectivity index (χ2n) is 8.54. The van der Waals surface area contributed by atoms with Gasteiger partial charge in [0.1, 0.15) is 23.5 Å². The van der Waals surface area contributed by atoms with Crippen molar-refractivity contribution in [2.45, 2.75) is 57.7 Å². The summed E-state index contributed by atoms with van der Waals surface area (Å²) in [6.45, 7) is 3.71. The minimum atomic E-state index is -1.34. The first-order chi connectivity index (χ1) is 15.3. The van der Waals surface area contributed by atoms with Crippen LogP contribution in [-0.4, -0.2) is 50.3 Å². The predicted molar refractivity (Wildman–Crippen MR) is 122 cm³/mol. The zero-order valence-electron chi connectivity index (χ0n) is 18.4. The maximum absolute atomic E-state index is 12.7. The monoisotopic (exact) mass is 479 g/mol. The highest BCUT2D eigenvalue weighted by molar-refractivity contribution is 7.86. The molecule has 32 heavy (non-hydrogen) atoms. The number of hydrogen-bond donors (Lipinski definition) is 0. The van der Waals surface area contributed by atoms with E-state index in [1.807, 2.05) is 31.4 Å². The normalized spacial score (nSPS) is 22.2. The quantitative estimate of drug-likeness (QED) is 0.260. The molecular weight excluding hydrogens is 450 g/mol. The summed E-state index contributed by atoms with van der Waals surface area (Å²) in [5.74, 6) is -0.732. The number of esters is 1. The highest BCUT2D eigenvalue weighted by Crippen LogP contribution is 2.36. The van der Waals surface area contributed by atoms with Crippen molar-refractivity contribution in [1.29, 1.82) is 0 Å². The first-order valence-corrected chi connectivity index (χ1v) is 13.1. The molecule has 1 aromatic rings. The lowest BCUT2D eigenvalue weighted by molar-refractivity contribution is -0.148. The Labute approximate surface area is 194 Å². The molecule has 1 saturated heterocycles. The van der Waals surface area contributed by atoms with Crippen LogP contribution in [0.2, 0.25) is 0 Å². The molecule has 0 bridgehead atoms. The van der Waals surface area contributed by atoms with Crippen molar-refractivity contribution in [3.63, 3.8) is 0 Å². The zero-order chi connectivity index (χ0) is 23.3. The number of fused-ring (bicyclic) bond motifs is 1. The maximum Gasteiger partial charge on any atom is 0.306 e. The number of carbonyl (C=O) groups is 4. The number of rotatable bonds is 12. The molecule has 2 aliphatic heterocycles. The third-order valence-electron chi connectivity index (χ3n) is 5.62. The molecule has 0 spiro atoms. The van der Waals surface area contributed by atoms with Gasteiger partial charge in [-0.1, -0.05) is 19.9 Å². The number of β-lactam (4-membered cyclic amide) rings is 1. The number of hydrogen-bond acceptors (Lipinski definition) is 7. The van der Waals surface area contributed by atoms with Gasteiger partial charge in [-0.2, -0.15) is 0 Å². The summed E-state index contributed by atoms with van der Waals surface area (Å²) in [6.07, 6.45) is 3.92. The molecule has 2 aliphatic rings. The molecule has 1 fully saturated rings.